The van der Waals surface area contributed by atoms with E-state index in [1.165, 1.54) is 12.8 Å². The van der Waals surface area contributed by atoms with Gasteiger partial charge < -0.3 is 20.3 Å². The minimum atomic E-state index is -0.546. The first-order chi connectivity index (χ1) is 12.7. The van der Waals surface area contributed by atoms with Gasteiger partial charge in [0.1, 0.15) is 5.75 Å². The van der Waals surface area contributed by atoms with Crippen LogP contribution in [0.3, 0.4) is 0 Å². The molecule has 1 aliphatic rings. The molecule has 138 valence electrons. The molecular weight excluding hydrogens is 330 g/mol. The van der Waals surface area contributed by atoms with Gasteiger partial charge in [0.15, 0.2) is 11.9 Å². The molecule has 7 nitrogen and oxygen atoms in total. The molecule has 2 heterocycles. The van der Waals surface area contributed by atoms with Crippen molar-refractivity contribution in [3.05, 3.63) is 42.6 Å². The first-order valence-corrected chi connectivity index (χ1v) is 9.03. The number of rotatable bonds is 8. The SMILES string of the molecule is CC(Oc1ccccc1)C(=O)NCCNc1cc(N2CCCC2)cnn1. The van der Waals surface area contributed by atoms with Crippen molar-refractivity contribution in [3.63, 3.8) is 0 Å². The third-order valence-electron chi connectivity index (χ3n) is 4.27. The van der Waals surface area contributed by atoms with Crippen molar-refractivity contribution in [2.24, 2.45) is 0 Å². The zero-order valence-corrected chi connectivity index (χ0v) is 15.0. The summed E-state index contributed by atoms with van der Waals surface area (Å²) in [4.78, 5) is 14.4. The normalized spacial score (nSPS) is 14.7. The van der Waals surface area contributed by atoms with E-state index in [1.807, 2.05) is 36.4 Å². The number of hydrogen-bond donors (Lipinski definition) is 2. The lowest BCUT2D eigenvalue weighted by Gasteiger charge is -2.17. The molecule has 1 unspecified atom stereocenters. The van der Waals surface area contributed by atoms with E-state index in [0.29, 0.717) is 18.8 Å². The summed E-state index contributed by atoms with van der Waals surface area (Å²) in [5.41, 5.74) is 1.09. The van der Waals surface area contributed by atoms with Crippen LogP contribution in [0.1, 0.15) is 19.8 Å². The van der Waals surface area contributed by atoms with E-state index in [-0.39, 0.29) is 5.91 Å². The molecule has 3 rings (SSSR count). The predicted octanol–water partition coefficient (Wildman–Crippen LogP) is 2.07. The highest BCUT2D eigenvalue weighted by atomic mass is 16.5. The first kappa shape index (κ1) is 18.0. The Morgan fingerprint density at radius 2 is 2.00 bits per heavy atom. The number of anilines is 2. The van der Waals surface area contributed by atoms with E-state index in [4.69, 9.17) is 4.74 Å². The molecule has 1 atom stereocenters. The smallest absolute Gasteiger partial charge is 0.260 e. The van der Waals surface area contributed by atoms with Crippen molar-refractivity contribution in [2.45, 2.75) is 25.9 Å². The lowest BCUT2D eigenvalue weighted by molar-refractivity contribution is -0.127. The van der Waals surface area contributed by atoms with Gasteiger partial charge in [0, 0.05) is 32.2 Å². The van der Waals surface area contributed by atoms with Crippen LogP contribution in [0.4, 0.5) is 11.5 Å². The number of hydrogen-bond acceptors (Lipinski definition) is 6. The number of carbonyl (C=O) groups excluding carboxylic acids is 1. The lowest BCUT2D eigenvalue weighted by atomic mass is 10.3. The van der Waals surface area contributed by atoms with Gasteiger partial charge in [0.25, 0.3) is 5.91 Å². The highest BCUT2D eigenvalue weighted by Crippen LogP contribution is 2.20. The maximum Gasteiger partial charge on any atom is 0.260 e. The number of para-hydroxylation sites is 1. The van der Waals surface area contributed by atoms with Crippen LogP contribution in [0, 0.1) is 0 Å². The molecule has 0 saturated carbocycles. The molecule has 1 aromatic heterocycles. The van der Waals surface area contributed by atoms with Crippen molar-refractivity contribution in [2.75, 3.05) is 36.4 Å². The van der Waals surface area contributed by atoms with Crippen LogP contribution in [0.2, 0.25) is 0 Å². The summed E-state index contributed by atoms with van der Waals surface area (Å²) in [5.74, 6) is 1.26. The van der Waals surface area contributed by atoms with E-state index >= 15 is 0 Å². The van der Waals surface area contributed by atoms with E-state index in [0.717, 1.165) is 24.6 Å². The Labute approximate surface area is 153 Å². The molecule has 2 N–H and O–H groups in total. The van der Waals surface area contributed by atoms with Gasteiger partial charge in [-0.05, 0) is 31.9 Å². The van der Waals surface area contributed by atoms with Gasteiger partial charge in [0.05, 0.1) is 11.9 Å². The van der Waals surface area contributed by atoms with Gasteiger partial charge in [-0.3, -0.25) is 4.79 Å². The molecule has 26 heavy (non-hydrogen) atoms. The van der Waals surface area contributed by atoms with Crippen molar-refractivity contribution in [1.29, 1.82) is 0 Å². The molecule has 0 radical (unpaired) electrons. The molecule has 0 spiro atoms. The minimum absolute atomic E-state index is 0.146. The molecule has 1 aliphatic heterocycles. The zero-order chi connectivity index (χ0) is 18.2. The second kappa shape index (κ2) is 9.03. The van der Waals surface area contributed by atoms with Crippen LogP contribution in [0.15, 0.2) is 42.6 Å². The lowest BCUT2D eigenvalue weighted by Crippen LogP contribution is -2.38. The predicted molar refractivity (Wildman–Crippen MR) is 102 cm³/mol. The number of aromatic nitrogens is 2. The minimum Gasteiger partial charge on any atom is -0.481 e. The fourth-order valence-electron chi connectivity index (χ4n) is 2.87. The zero-order valence-electron chi connectivity index (χ0n) is 15.0. The van der Waals surface area contributed by atoms with Gasteiger partial charge in [-0.25, -0.2) is 0 Å². The van der Waals surface area contributed by atoms with E-state index in [2.05, 4.69) is 25.7 Å². The fraction of sp³-hybridized carbons (Fsp3) is 0.421. The van der Waals surface area contributed by atoms with Crippen LogP contribution in [0.25, 0.3) is 0 Å². The van der Waals surface area contributed by atoms with Crippen molar-refractivity contribution < 1.29 is 9.53 Å². The Morgan fingerprint density at radius 1 is 1.23 bits per heavy atom. The number of carbonyl (C=O) groups is 1. The monoisotopic (exact) mass is 355 g/mol. The van der Waals surface area contributed by atoms with Crippen molar-refractivity contribution >= 4 is 17.4 Å². The Bertz CT molecular complexity index is 704. The summed E-state index contributed by atoms with van der Waals surface area (Å²) in [6.07, 6.45) is 3.69. The average molecular weight is 355 g/mol. The summed E-state index contributed by atoms with van der Waals surface area (Å²) in [6, 6.07) is 11.3. The quantitative estimate of drug-likeness (QED) is 0.706. The van der Waals surface area contributed by atoms with Crippen LogP contribution >= 0.6 is 0 Å². The van der Waals surface area contributed by atoms with Gasteiger partial charge >= 0.3 is 0 Å². The Balaban J connectivity index is 1.39. The maximum absolute atomic E-state index is 12.1. The largest absolute Gasteiger partial charge is 0.481 e. The van der Waals surface area contributed by atoms with Crippen LogP contribution in [0.5, 0.6) is 5.75 Å². The van der Waals surface area contributed by atoms with Crippen LogP contribution in [-0.4, -0.2) is 48.4 Å². The second-order valence-electron chi connectivity index (χ2n) is 6.28. The number of ether oxygens (including phenoxy) is 1. The molecular formula is C19H25N5O2. The summed E-state index contributed by atoms with van der Waals surface area (Å²) >= 11 is 0. The number of nitrogens with one attached hydrogen (secondary N) is 2. The Morgan fingerprint density at radius 3 is 2.77 bits per heavy atom. The van der Waals surface area contributed by atoms with E-state index in [9.17, 15) is 4.79 Å². The first-order valence-electron chi connectivity index (χ1n) is 9.03. The van der Waals surface area contributed by atoms with Crippen molar-refractivity contribution in [1.82, 2.24) is 15.5 Å². The third kappa shape index (κ3) is 5.08. The van der Waals surface area contributed by atoms with Gasteiger partial charge in [-0.15, -0.1) is 5.10 Å². The third-order valence-corrected chi connectivity index (χ3v) is 4.27. The van der Waals surface area contributed by atoms with E-state index in [1.54, 1.807) is 13.1 Å². The molecule has 7 heteroatoms. The second-order valence-corrected chi connectivity index (χ2v) is 6.28. The topological polar surface area (TPSA) is 79.4 Å². The molecule has 1 fully saturated rings. The molecule has 1 saturated heterocycles. The van der Waals surface area contributed by atoms with Crippen molar-refractivity contribution in [3.8, 4) is 5.75 Å². The van der Waals surface area contributed by atoms with Gasteiger partial charge in [-0.1, -0.05) is 18.2 Å². The summed E-state index contributed by atoms with van der Waals surface area (Å²) in [6.45, 7) is 4.93. The van der Waals surface area contributed by atoms with Gasteiger partial charge in [-0.2, -0.15) is 5.10 Å². The molecule has 1 amide bonds. The molecule has 0 aliphatic carbocycles. The molecule has 2 aromatic rings. The highest BCUT2D eigenvalue weighted by Gasteiger charge is 2.14. The number of amides is 1. The summed E-state index contributed by atoms with van der Waals surface area (Å²) < 4.78 is 5.60. The van der Waals surface area contributed by atoms with Crippen LogP contribution < -0.4 is 20.3 Å². The molecule has 0 bridgehead atoms. The standard InChI is InChI=1S/C19H25N5O2/c1-15(26-17-7-3-2-4-8-17)19(25)21-10-9-20-18-13-16(14-22-23-18)24-11-5-6-12-24/h2-4,7-8,13-15H,5-6,9-12H2,1H3,(H,20,23)(H,21,25). The molecule has 1 aromatic carbocycles. The fourth-order valence-corrected chi connectivity index (χ4v) is 2.87. The summed E-state index contributed by atoms with van der Waals surface area (Å²) in [5, 5.41) is 14.2. The maximum atomic E-state index is 12.1. The Kier molecular flexibility index (Phi) is 6.24. The summed E-state index contributed by atoms with van der Waals surface area (Å²) in [7, 11) is 0. The number of nitrogens with zero attached hydrogens (tertiary/aromatic N) is 3. The Hall–Kier alpha value is -2.83. The van der Waals surface area contributed by atoms with E-state index < -0.39 is 6.10 Å². The highest BCUT2D eigenvalue weighted by molar-refractivity contribution is 5.80. The van der Waals surface area contributed by atoms with Crippen LogP contribution in [-0.2, 0) is 4.79 Å². The number of benzene rings is 1. The average Bonchev–Trinajstić information content (AvgIpc) is 3.21. The van der Waals surface area contributed by atoms with Gasteiger partial charge in [0.2, 0.25) is 0 Å².